The molecule has 1 N–H and O–H groups in total. The summed E-state index contributed by atoms with van der Waals surface area (Å²) in [5.74, 6) is 0.751. The number of benzene rings is 1. The van der Waals surface area contributed by atoms with Gasteiger partial charge < -0.3 is 4.90 Å². The normalized spacial score (nSPS) is 11.2. The van der Waals surface area contributed by atoms with Crippen LogP contribution in [-0.4, -0.2) is 27.5 Å². The van der Waals surface area contributed by atoms with Crippen LogP contribution < -0.4 is 9.62 Å². The molecule has 0 spiro atoms. The van der Waals surface area contributed by atoms with Crippen LogP contribution >= 0.6 is 31.9 Å². The first-order chi connectivity index (χ1) is 9.79. The third-order valence-corrected chi connectivity index (χ3v) is 5.51. The maximum absolute atomic E-state index is 12.4. The zero-order valence-corrected chi connectivity index (χ0v) is 15.3. The topological polar surface area (TPSA) is 62.3 Å². The predicted octanol–water partition coefficient (Wildman–Crippen LogP) is 3.47. The van der Waals surface area contributed by atoms with E-state index in [-0.39, 0.29) is 4.90 Å². The van der Waals surface area contributed by atoms with Crippen LogP contribution in [0.1, 0.15) is 0 Å². The zero-order chi connectivity index (χ0) is 15.6. The van der Waals surface area contributed by atoms with Gasteiger partial charge in [0.1, 0.15) is 10.7 Å². The molecule has 2 aromatic rings. The molecule has 0 amide bonds. The van der Waals surface area contributed by atoms with E-state index in [1.165, 1.54) is 12.3 Å². The van der Waals surface area contributed by atoms with Gasteiger partial charge >= 0.3 is 0 Å². The van der Waals surface area contributed by atoms with E-state index in [1.807, 2.05) is 19.0 Å². The van der Waals surface area contributed by atoms with E-state index in [4.69, 9.17) is 0 Å². The minimum atomic E-state index is -3.68. The van der Waals surface area contributed by atoms with Gasteiger partial charge in [0.15, 0.2) is 0 Å². The van der Waals surface area contributed by atoms with Gasteiger partial charge in [-0.2, -0.15) is 0 Å². The molecule has 0 saturated heterocycles. The van der Waals surface area contributed by atoms with Crippen molar-refractivity contribution < 1.29 is 8.42 Å². The van der Waals surface area contributed by atoms with Gasteiger partial charge in [-0.3, -0.25) is 4.72 Å². The summed E-state index contributed by atoms with van der Waals surface area (Å²) in [4.78, 5) is 6.17. The Hall–Kier alpha value is -1.12. The molecule has 0 aliphatic carbocycles. The molecule has 21 heavy (non-hydrogen) atoms. The quantitative estimate of drug-likeness (QED) is 0.800. The number of sulfonamides is 1. The van der Waals surface area contributed by atoms with Crippen LogP contribution in [0.15, 0.2) is 50.4 Å². The van der Waals surface area contributed by atoms with Crippen molar-refractivity contribution in [3.63, 3.8) is 0 Å². The minimum Gasteiger partial charge on any atom is -0.363 e. The monoisotopic (exact) mass is 433 g/mol. The Balaban J connectivity index is 2.31. The van der Waals surface area contributed by atoms with Crippen molar-refractivity contribution in [3.05, 3.63) is 45.5 Å². The molecule has 112 valence electrons. The summed E-state index contributed by atoms with van der Waals surface area (Å²) in [7, 11) is 0.0516. The highest BCUT2D eigenvalue weighted by Crippen LogP contribution is 2.27. The van der Waals surface area contributed by atoms with Crippen LogP contribution in [0.25, 0.3) is 0 Å². The zero-order valence-electron chi connectivity index (χ0n) is 11.3. The maximum Gasteiger partial charge on any atom is 0.263 e. The second-order valence-electron chi connectivity index (χ2n) is 4.48. The third kappa shape index (κ3) is 3.96. The van der Waals surface area contributed by atoms with Crippen LogP contribution in [-0.2, 0) is 10.0 Å². The molecule has 8 heteroatoms. The van der Waals surface area contributed by atoms with Crippen molar-refractivity contribution in [2.75, 3.05) is 23.7 Å². The summed E-state index contributed by atoms with van der Waals surface area (Å²) in [5.41, 5.74) is 0.410. The molecule has 0 unspecified atom stereocenters. The number of nitrogens with zero attached hydrogens (tertiary/aromatic N) is 2. The first kappa shape index (κ1) is 16.3. The van der Waals surface area contributed by atoms with E-state index in [0.29, 0.717) is 14.6 Å². The highest BCUT2D eigenvalue weighted by Gasteiger charge is 2.18. The van der Waals surface area contributed by atoms with Crippen molar-refractivity contribution >= 4 is 53.4 Å². The molecule has 1 aromatic carbocycles. The highest BCUT2D eigenvalue weighted by atomic mass is 79.9. The lowest BCUT2D eigenvalue weighted by Gasteiger charge is -2.13. The molecule has 0 atom stereocenters. The fourth-order valence-corrected chi connectivity index (χ4v) is 4.15. The summed E-state index contributed by atoms with van der Waals surface area (Å²) < 4.78 is 28.5. The smallest absolute Gasteiger partial charge is 0.263 e. The average Bonchev–Trinajstić information content (AvgIpc) is 2.41. The average molecular weight is 435 g/mol. The molecule has 1 heterocycles. The summed E-state index contributed by atoms with van der Waals surface area (Å²) in [6.45, 7) is 0. The van der Waals surface area contributed by atoms with Gasteiger partial charge in [-0.25, -0.2) is 13.4 Å². The van der Waals surface area contributed by atoms with Crippen LogP contribution in [0.4, 0.5) is 11.5 Å². The molecular weight excluding hydrogens is 422 g/mol. The Morgan fingerprint density at radius 3 is 2.43 bits per heavy atom. The number of anilines is 2. The van der Waals surface area contributed by atoms with E-state index < -0.39 is 10.0 Å². The van der Waals surface area contributed by atoms with Crippen LogP contribution in [0.3, 0.4) is 0 Å². The SMILES string of the molecule is CN(C)c1ccc(NS(=O)(=O)c2cc(Br)ccc2Br)cn1. The molecule has 0 aliphatic heterocycles. The first-order valence-electron chi connectivity index (χ1n) is 5.91. The van der Waals surface area contributed by atoms with Crippen molar-refractivity contribution in [3.8, 4) is 0 Å². The number of hydrogen-bond acceptors (Lipinski definition) is 4. The van der Waals surface area contributed by atoms with Gasteiger partial charge in [0.25, 0.3) is 10.0 Å². The third-order valence-electron chi connectivity index (χ3n) is 2.64. The van der Waals surface area contributed by atoms with Crippen LogP contribution in [0.2, 0.25) is 0 Å². The Morgan fingerprint density at radius 1 is 1.14 bits per heavy atom. The van der Waals surface area contributed by atoms with Gasteiger partial charge in [-0.05, 0) is 46.3 Å². The molecule has 2 rings (SSSR count). The molecule has 1 aromatic heterocycles. The fraction of sp³-hybridized carbons (Fsp3) is 0.154. The largest absolute Gasteiger partial charge is 0.363 e. The first-order valence-corrected chi connectivity index (χ1v) is 8.98. The molecule has 0 radical (unpaired) electrons. The second-order valence-corrected chi connectivity index (χ2v) is 7.90. The van der Waals surface area contributed by atoms with Gasteiger partial charge in [0, 0.05) is 23.0 Å². The van der Waals surface area contributed by atoms with Gasteiger partial charge in [0.2, 0.25) is 0 Å². The van der Waals surface area contributed by atoms with E-state index in [2.05, 4.69) is 41.6 Å². The number of hydrogen-bond donors (Lipinski definition) is 1. The summed E-state index contributed by atoms with van der Waals surface area (Å²) in [6.07, 6.45) is 1.48. The minimum absolute atomic E-state index is 0.161. The number of nitrogens with one attached hydrogen (secondary N) is 1. The van der Waals surface area contributed by atoms with E-state index >= 15 is 0 Å². The van der Waals surface area contributed by atoms with Crippen LogP contribution in [0.5, 0.6) is 0 Å². The maximum atomic E-state index is 12.4. The van der Waals surface area contributed by atoms with Crippen LogP contribution in [0, 0.1) is 0 Å². The molecular formula is C13H13Br2N3O2S. The summed E-state index contributed by atoms with van der Waals surface area (Å²) in [6, 6.07) is 8.39. The van der Waals surface area contributed by atoms with E-state index in [9.17, 15) is 8.42 Å². The second kappa shape index (κ2) is 6.33. The fourth-order valence-electron chi connectivity index (χ4n) is 1.60. The standard InChI is InChI=1S/C13H13Br2N3O2S/c1-18(2)13-6-4-10(8-16-13)17-21(19,20)12-7-9(14)3-5-11(12)15/h3-8,17H,1-2H3. The summed E-state index contributed by atoms with van der Waals surface area (Å²) >= 11 is 6.52. The van der Waals surface area contributed by atoms with E-state index in [0.717, 1.165) is 5.82 Å². The Kier molecular flexibility index (Phi) is 4.90. The van der Waals surface area contributed by atoms with E-state index in [1.54, 1.807) is 24.3 Å². The van der Waals surface area contributed by atoms with Crippen molar-refractivity contribution in [1.82, 2.24) is 4.98 Å². The Labute approximate surface area is 140 Å². The molecule has 5 nitrogen and oxygen atoms in total. The van der Waals surface area contributed by atoms with Crippen molar-refractivity contribution in [1.29, 1.82) is 0 Å². The molecule has 0 bridgehead atoms. The summed E-state index contributed by atoms with van der Waals surface area (Å²) in [5, 5.41) is 0. The Morgan fingerprint density at radius 2 is 1.86 bits per heavy atom. The molecule has 0 saturated carbocycles. The molecule has 0 aliphatic rings. The van der Waals surface area contributed by atoms with Crippen molar-refractivity contribution in [2.24, 2.45) is 0 Å². The number of aromatic nitrogens is 1. The highest BCUT2D eigenvalue weighted by molar-refractivity contribution is 9.11. The van der Waals surface area contributed by atoms with Gasteiger partial charge in [-0.1, -0.05) is 15.9 Å². The van der Waals surface area contributed by atoms with Gasteiger partial charge in [-0.15, -0.1) is 0 Å². The van der Waals surface area contributed by atoms with Gasteiger partial charge in [0.05, 0.1) is 11.9 Å². The molecule has 0 fully saturated rings. The Bertz CT molecular complexity index is 747. The number of halogens is 2. The predicted molar refractivity (Wildman–Crippen MR) is 91.2 cm³/mol. The lowest BCUT2D eigenvalue weighted by molar-refractivity contribution is 0.600. The van der Waals surface area contributed by atoms with Crippen molar-refractivity contribution in [2.45, 2.75) is 4.90 Å². The number of rotatable bonds is 4. The lowest BCUT2D eigenvalue weighted by atomic mass is 10.4. The number of pyridine rings is 1. The lowest BCUT2D eigenvalue weighted by Crippen LogP contribution is -2.15.